The van der Waals surface area contributed by atoms with Gasteiger partial charge in [-0.25, -0.2) is 9.79 Å². The van der Waals surface area contributed by atoms with Gasteiger partial charge in [0.15, 0.2) is 11.6 Å². The SMILES string of the molecule is Cc1ccc(CCC2=N/C(=C/c3ccccc3)C(=O)O2)cc1. The van der Waals surface area contributed by atoms with Gasteiger partial charge in [0.25, 0.3) is 0 Å². The van der Waals surface area contributed by atoms with Crippen LogP contribution in [0.5, 0.6) is 0 Å². The number of carbonyl (C=O) groups is 1. The lowest BCUT2D eigenvalue weighted by molar-refractivity contribution is -0.130. The molecular weight excluding hydrogens is 274 g/mol. The van der Waals surface area contributed by atoms with E-state index in [4.69, 9.17) is 4.74 Å². The van der Waals surface area contributed by atoms with Crippen LogP contribution in [0.15, 0.2) is 65.3 Å². The zero-order chi connectivity index (χ0) is 15.4. The minimum absolute atomic E-state index is 0.366. The molecule has 1 aliphatic heterocycles. The van der Waals surface area contributed by atoms with Crippen molar-refractivity contribution < 1.29 is 9.53 Å². The fourth-order valence-corrected chi connectivity index (χ4v) is 2.27. The van der Waals surface area contributed by atoms with Crippen molar-refractivity contribution in [2.45, 2.75) is 19.8 Å². The van der Waals surface area contributed by atoms with Crippen molar-refractivity contribution in [3.8, 4) is 0 Å². The first-order valence-electron chi connectivity index (χ1n) is 7.33. The van der Waals surface area contributed by atoms with E-state index in [0.717, 1.165) is 12.0 Å². The van der Waals surface area contributed by atoms with Crippen molar-refractivity contribution in [2.24, 2.45) is 4.99 Å². The molecular formula is C19H17NO2. The van der Waals surface area contributed by atoms with Gasteiger partial charge in [0.1, 0.15) is 0 Å². The zero-order valence-corrected chi connectivity index (χ0v) is 12.5. The summed E-state index contributed by atoms with van der Waals surface area (Å²) in [6.45, 7) is 2.06. The van der Waals surface area contributed by atoms with Crippen LogP contribution in [0.2, 0.25) is 0 Å². The maximum absolute atomic E-state index is 11.8. The Bertz CT molecular complexity index is 728. The zero-order valence-electron chi connectivity index (χ0n) is 12.5. The Hall–Kier alpha value is -2.68. The quantitative estimate of drug-likeness (QED) is 0.632. The predicted octanol–water partition coefficient (Wildman–Crippen LogP) is 3.92. The Labute approximate surface area is 130 Å². The molecule has 0 spiro atoms. The number of aliphatic imine (C=N–C) groups is 1. The smallest absolute Gasteiger partial charge is 0.363 e. The molecule has 0 saturated heterocycles. The highest BCUT2D eigenvalue weighted by Crippen LogP contribution is 2.18. The van der Waals surface area contributed by atoms with E-state index in [0.29, 0.717) is 18.0 Å². The van der Waals surface area contributed by atoms with Crippen LogP contribution in [0.4, 0.5) is 0 Å². The summed E-state index contributed by atoms with van der Waals surface area (Å²) in [7, 11) is 0. The summed E-state index contributed by atoms with van der Waals surface area (Å²) < 4.78 is 5.23. The molecule has 3 heteroatoms. The maximum atomic E-state index is 11.8. The average Bonchev–Trinajstić information content (AvgIpc) is 2.88. The molecule has 1 aliphatic rings. The largest absolute Gasteiger partial charge is 0.407 e. The van der Waals surface area contributed by atoms with Crippen molar-refractivity contribution in [3.63, 3.8) is 0 Å². The molecule has 3 rings (SSSR count). The van der Waals surface area contributed by atoms with Crippen LogP contribution in [0.1, 0.15) is 23.1 Å². The number of aryl methyl sites for hydroxylation is 2. The third kappa shape index (κ3) is 3.50. The van der Waals surface area contributed by atoms with Crippen LogP contribution in [-0.2, 0) is 16.0 Å². The average molecular weight is 291 g/mol. The molecule has 22 heavy (non-hydrogen) atoms. The highest BCUT2D eigenvalue weighted by molar-refractivity contribution is 6.07. The Morgan fingerprint density at radius 1 is 1.00 bits per heavy atom. The van der Waals surface area contributed by atoms with Crippen LogP contribution in [0.25, 0.3) is 6.08 Å². The molecule has 0 amide bonds. The van der Waals surface area contributed by atoms with Crippen LogP contribution in [0.3, 0.4) is 0 Å². The molecule has 3 nitrogen and oxygen atoms in total. The molecule has 0 unspecified atom stereocenters. The first-order chi connectivity index (χ1) is 10.7. The predicted molar refractivity (Wildman–Crippen MR) is 87.4 cm³/mol. The van der Waals surface area contributed by atoms with Gasteiger partial charge in [0.2, 0.25) is 0 Å². The summed E-state index contributed by atoms with van der Waals surface area (Å²) in [5.41, 5.74) is 3.76. The van der Waals surface area contributed by atoms with Crippen LogP contribution >= 0.6 is 0 Å². The van der Waals surface area contributed by atoms with Gasteiger partial charge in [-0.3, -0.25) is 0 Å². The van der Waals surface area contributed by atoms with E-state index < -0.39 is 0 Å². The van der Waals surface area contributed by atoms with Gasteiger partial charge < -0.3 is 4.74 Å². The first kappa shape index (κ1) is 14.3. The van der Waals surface area contributed by atoms with Crippen LogP contribution < -0.4 is 0 Å². The molecule has 0 bridgehead atoms. The summed E-state index contributed by atoms with van der Waals surface area (Å²) >= 11 is 0. The summed E-state index contributed by atoms with van der Waals surface area (Å²) in [5, 5.41) is 0. The number of esters is 1. The van der Waals surface area contributed by atoms with Gasteiger partial charge >= 0.3 is 5.97 Å². The van der Waals surface area contributed by atoms with E-state index in [1.165, 1.54) is 11.1 Å². The fourth-order valence-electron chi connectivity index (χ4n) is 2.27. The van der Waals surface area contributed by atoms with Crippen LogP contribution in [0, 0.1) is 6.92 Å². The molecule has 0 saturated carbocycles. The second-order valence-electron chi connectivity index (χ2n) is 5.32. The highest BCUT2D eigenvalue weighted by Gasteiger charge is 2.22. The van der Waals surface area contributed by atoms with Crippen molar-refractivity contribution in [1.29, 1.82) is 0 Å². The third-order valence-electron chi connectivity index (χ3n) is 3.52. The van der Waals surface area contributed by atoms with E-state index in [1.807, 2.05) is 30.3 Å². The van der Waals surface area contributed by atoms with E-state index >= 15 is 0 Å². The molecule has 1 heterocycles. The molecule has 2 aromatic rings. The third-order valence-corrected chi connectivity index (χ3v) is 3.52. The lowest BCUT2D eigenvalue weighted by Crippen LogP contribution is -2.05. The topological polar surface area (TPSA) is 38.7 Å². The second-order valence-corrected chi connectivity index (χ2v) is 5.32. The molecule has 0 radical (unpaired) electrons. The lowest BCUT2D eigenvalue weighted by Gasteiger charge is -2.01. The first-order valence-corrected chi connectivity index (χ1v) is 7.33. The standard InChI is InChI=1S/C19H17NO2/c1-14-7-9-15(10-8-14)11-12-18-20-17(19(21)22-18)13-16-5-3-2-4-6-16/h2-10,13H,11-12H2,1H3/b17-13+. The van der Waals surface area contributed by atoms with Gasteiger partial charge in [-0.05, 0) is 30.5 Å². The lowest BCUT2D eigenvalue weighted by atomic mass is 10.1. The highest BCUT2D eigenvalue weighted by atomic mass is 16.6. The number of benzene rings is 2. The van der Waals surface area contributed by atoms with E-state index in [9.17, 15) is 4.79 Å². The molecule has 0 aliphatic carbocycles. The van der Waals surface area contributed by atoms with Crippen molar-refractivity contribution in [1.82, 2.24) is 0 Å². The van der Waals surface area contributed by atoms with E-state index in [2.05, 4.69) is 36.2 Å². The number of cyclic esters (lactones) is 1. The van der Waals surface area contributed by atoms with E-state index in [-0.39, 0.29) is 5.97 Å². The molecule has 2 aromatic carbocycles. The molecule has 0 N–H and O–H groups in total. The number of nitrogens with zero attached hydrogens (tertiary/aromatic N) is 1. The number of rotatable bonds is 4. The minimum Gasteiger partial charge on any atom is -0.407 e. The van der Waals surface area contributed by atoms with Crippen molar-refractivity contribution in [3.05, 3.63) is 77.0 Å². The summed E-state index contributed by atoms with van der Waals surface area (Å²) in [6.07, 6.45) is 3.19. The Morgan fingerprint density at radius 2 is 1.73 bits per heavy atom. The number of hydrogen-bond acceptors (Lipinski definition) is 3. The van der Waals surface area contributed by atoms with Crippen LogP contribution in [-0.4, -0.2) is 11.9 Å². The van der Waals surface area contributed by atoms with Gasteiger partial charge in [0, 0.05) is 6.42 Å². The maximum Gasteiger partial charge on any atom is 0.363 e. The van der Waals surface area contributed by atoms with E-state index in [1.54, 1.807) is 6.08 Å². The Kier molecular flexibility index (Phi) is 4.15. The molecule has 0 fully saturated rings. The molecule has 0 atom stereocenters. The van der Waals surface area contributed by atoms with Gasteiger partial charge in [-0.2, -0.15) is 0 Å². The number of ether oxygens (including phenoxy) is 1. The Morgan fingerprint density at radius 3 is 2.45 bits per heavy atom. The normalized spacial score (nSPS) is 15.8. The number of carbonyl (C=O) groups excluding carboxylic acids is 1. The van der Waals surface area contributed by atoms with Crippen molar-refractivity contribution >= 4 is 17.9 Å². The summed E-state index contributed by atoms with van der Waals surface area (Å²) in [6, 6.07) is 18.0. The summed E-state index contributed by atoms with van der Waals surface area (Å²) in [5.74, 6) is 0.121. The van der Waals surface area contributed by atoms with Gasteiger partial charge in [-0.1, -0.05) is 60.2 Å². The molecule has 110 valence electrons. The summed E-state index contributed by atoms with van der Waals surface area (Å²) in [4.78, 5) is 16.1. The van der Waals surface area contributed by atoms with Crippen molar-refractivity contribution in [2.75, 3.05) is 0 Å². The molecule has 0 aromatic heterocycles. The Balaban J connectivity index is 1.68. The van der Waals surface area contributed by atoms with Gasteiger partial charge in [-0.15, -0.1) is 0 Å². The van der Waals surface area contributed by atoms with Gasteiger partial charge in [0.05, 0.1) is 0 Å². The second kappa shape index (κ2) is 6.39. The number of hydrogen-bond donors (Lipinski definition) is 0. The fraction of sp³-hybridized carbons (Fsp3) is 0.158. The monoisotopic (exact) mass is 291 g/mol. The minimum atomic E-state index is -0.372.